The Kier molecular flexibility index (Phi) is 5.00. The summed E-state index contributed by atoms with van der Waals surface area (Å²) in [7, 11) is 3.03. The van der Waals surface area contributed by atoms with Crippen LogP contribution in [-0.4, -0.2) is 25.2 Å². The van der Waals surface area contributed by atoms with E-state index < -0.39 is 0 Å². The zero-order valence-corrected chi connectivity index (χ0v) is 12.5. The van der Waals surface area contributed by atoms with Gasteiger partial charge in [0.2, 0.25) is 0 Å². The fraction of sp³-hybridized carbons (Fsp3) is 0.312. The van der Waals surface area contributed by atoms with Crippen molar-refractivity contribution in [2.24, 2.45) is 0 Å². The molecule has 0 saturated heterocycles. The van der Waals surface area contributed by atoms with Gasteiger partial charge in [-0.05, 0) is 25.1 Å². The Morgan fingerprint density at radius 3 is 2.71 bits per heavy atom. The van der Waals surface area contributed by atoms with Gasteiger partial charge in [-0.3, -0.25) is 0 Å². The van der Waals surface area contributed by atoms with Gasteiger partial charge in [0.05, 0.1) is 14.2 Å². The molecule has 1 heterocycles. The molecule has 0 radical (unpaired) electrons. The Bertz CT molecular complexity index is 607. The van der Waals surface area contributed by atoms with Crippen LogP contribution in [0.3, 0.4) is 0 Å². The van der Waals surface area contributed by atoms with Crippen molar-refractivity contribution < 1.29 is 14.3 Å². The topological polar surface area (TPSA) is 63.4 Å². The summed E-state index contributed by atoms with van der Waals surface area (Å²) in [6.07, 6.45) is 0. The summed E-state index contributed by atoms with van der Waals surface area (Å²) in [6.45, 7) is 2.69. The maximum atomic E-state index is 11.4. The third kappa shape index (κ3) is 3.64. The first-order valence-electron chi connectivity index (χ1n) is 6.78. The fourth-order valence-corrected chi connectivity index (χ4v) is 2.17. The van der Waals surface area contributed by atoms with Gasteiger partial charge in [0, 0.05) is 23.8 Å². The van der Waals surface area contributed by atoms with E-state index in [1.54, 1.807) is 13.2 Å². The van der Waals surface area contributed by atoms with Crippen molar-refractivity contribution in [2.75, 3.05) is 14.2 Å². The van der Waals surface area contributed by atoms with Gasteiger partial charge in [0.15, 0.2) is 0 Å². The lowest BCUT2D eigenvalue weighted by Gasteiger charge is -2.16. The number of para-hydroxylation sites is 1. The van der Waals surface area contributed by atoms with Gasteiger partial charge in [-0.25, -0.2) is 4.79 Å². The predicted octanol–water partition coefficient (Wildman–Crippen LogP) is 2.66. The highest BCUT2D eigenvalue weighted by molar-refractivity contribution is 5.87. The molecule has 112 valence electrons. The first-order chi connectivity index (χ1) is 10.2. The Morgan fingerprint density at radius 1 is 1.24 bits per heavy atom. The van der Waals surface area contributed by atoms with Crippen molar-refractivity contribution >= 4 is 5.97 Å². The number of benzene rings is 1. The summed E-state index contributed by atoms with van der Waals surface area (Å²) in [5.74, 6) is 0.498. The standard InChI is InChI=1S/C16H20N2O3/c1-11(13-6-4-5-7-15(13)20-2)17-10-12-8-9-14(18-12)16(19)21-3/h4-9,11,17-18H,10H2,1-3H3/t11-/m1/s1. The molecule has 0 saturated carbocycles. The molecule has 5 heteroatoms. The quantitative estimate of drug-likeness (QED) is 0.802. The minimum absolute atomic E-state index is 0.131. The Balaban J connectivity index is 1.99. The van der Waals surface area contributed by atoms with E-state index in [9.17, 15) is 4.79 Å². The van der Waals surface area contributed by atoms with Gasteiger partial charge >= 0.3 is 5.97 Å². The van der Waals surface area contributed by atoms with Crippen molar-refractivity contribution in [1.82, 2.24) is 10.3 Å². The average molecular weight is 288 g/mol. The average Bonchev–Trinajstić information content (AvgIpc) is 3.00. The van der Waals surface area contributed by atoms with Gasteiger partial charge in [-0.2, -0.15) is 0 Å². The summed E-state index contributed by atoms with van der Waals surface area (Å²) < 4.78 is 10.0. The minimum atomic E-state index is -0.362. The number of H-pyrrole nitrogens is 1. The van der Waals surface area contributed by atoms with Crippen LogP contribution in [0, 0.1) is 0 Å². The molecule has 0 amide bonds. The van der Waals surface area contributed by atoms with E-state index in [0.717, 1.165) is 17.0 Å². The van der Waals surface area contributed by atoms with Gasteiger partial charge in [-0.1, -0.05) is 18.2 Å². The van der Waals surface area contributed by atoms with E-state index in [-0.39, 0.29) is 12.0 Å². The largest absolute Gasteiger partial charge is 0.496 e. The number of aromatic amines is 1. The molecule has 2 N–H and O–H groups in total. The first kappa shape index (κ1) is 15.1. The Hall–Kier alpha value is -2.27. The lowest BCUT2D eigenvalue weighted by atomic mass is 10.1. The zero-order chi connectivity index (χ0) is 15.2. The summed E-state index contributed by atoms with van der Waals surface area (Å²) >= 11 is 0. The van der Waals surface area contributed by atoms with E-state index in [0.29, 0.717) is 12.2 Å². The lowest BCUT2D eigenvalue weighted by molar-refractivity contribution is 0.0594. The fourth-order valence-electron chi connectivity index (χ4n) is 2.17. The Labute approximate surface area is 124 Å². The summed E-state index contributed by atoms with van der Waals surface area (Å²) in [5.41, 5.74) is 2.48. The molecular weight excluding hydrogens is 268 g/mol. The molecule has 1 aromatic carbocycles. The second kappa shape index (κ2) is 6.95. The van der Waals surface area contributed by atoms with E-state index in [1.807, 2.05) is 30.3 Å². The van der Waals surface area contributed by atoms with Crippen LogP contribution in [0.2, 0.25) is 0 Å². The normalized spacial score (nSPS) is 12.0. The van der Waals surface area contributed by atoms with Crippen LogP contribution in [0.25, 0.3) is 0 Å². The molecule has 21 heavy (non-hydrogen) atoms. The minimum Gasteiger partial charge on any atom is -0.496 e. The van der Waals surface area contributed by atoms with Crippen molar-refractivity contribution in [3.63, 3.8) is 0 Å². The third-order valence-corrected chi connectivity index (χ3v) is 3.36. The van der Waals surface area contributed by atoms with Crippen LogP contribution in [-0.2, 0) is 11.3 Å². The SMILES string of the molecule is COC(=O)c1ccc(CN[C@H](C)c2ccccc2OC)[nH]1. The monoisotopic (exact) mass is 288 g/mol. The van der Waals surface area contributed by atoms with Gasteiger partial charge < -0.3 is 19.8 Å². The molecular formula is C16H20N2O3. The number of aromatic nitrogens is 1. The van der Waals surface area contributed by atoms with Crippen LogP contribution in [0.4, 0.5) is 0 Å². The summed E-state index contributed by atoms with van der Waals surface area (Å²) in [5, 5.41) is 3.40. The highest BCUT2D eigenvalue weighted by Gasteiger charge is 2.12. The van der Waals surface area contributed by atoms with Crippen LogP contribution in [0.15, 0.2) is 36.4 Å². The maximum Gasteiger partial charge on any atom is 0.354 e. The van der Waals surface area contributed by atoms with Crippen LogP contribution in [0.1, 0.15) is 34.7 Å². The zero-order valence-electron chi connectivity index (χ0n) is 12.5. The summed E-state index contributed by atoms with van der Waals surface area (Å²) in [6, 6.07) is 11.6. The molecule has 1 aromatic heterocycles. The van der Waals surface area contributed by atoms with Gasteiger partial charge in [-0.15, -0.1) is 0 Å². The van der Waals surface area contributed by atoms with Crippen molar-refractivity contribution in [3.05, 3.63) is 53.3 Å². The second-order valence-corrected chi connectivity index (χ2v) is 4.73. The predicted molar refractivity (Wildman–Crippen MR) is 80.4 cm³/mol. The maximum absolute atomic E-state index is 11.4. The van der Waals surface area contributed by atoms with E-state index in [1.165, 1.54) is 7.11 Å². The van der Waals surface area contributed by atoms with Crippen LogP contribution >= 0.6 is 0 Å². The molecule has 2 rings (SSSR count). The number of carbonyl (C=O) groups is 1. The van der Waals surface area contributed by atoms with Crippen molar-refractivity contribution in [1.29, 1.82) is 0 Å². The summed E-state index contributed by atoms with van der Waals surface area (Å²) in [4.78, 5) is 14.4. The Morgan fingerprint density at radius 2 is 2.00 bits per heavy atom. The van der Waals surface area contributed by atoms with Crippen molar-refractivity contribution in [3.8, 4) is 5.75 Å². The van der Waals surface area contributed by atoms with E-state index in [2.05, 4.69) is 22.0 Å². The highest BCUT2D eigenvalue weighted by Crippen LogP contribution is 2.24. The van der Waals surface area contributed by atoms with Crippen LogP contribution < -0.4 is 10.1 Å². The number of nitrogens with one attached hydrogen (secondary N) is 2. The van der Waals surface area contributed by atoms with Gasteiger partial charge in [0.25, 0.3) is 0 Å². The molecule has 2 aromatic rings. The second-order valence-electron chi connectivity index (χ2n) is 4.73. The van der Waals surface area contributed by atoms with E-state index in [4.69, 9.17) is 4.74 Å². The smallest absolute Gasteiger partial charge is 0.354 e. The highest BCUT2D eigenvalue weighted by atomic mass is 16.5. The van der Waals surface area contributed by atoms with Crippen LogP contribution in [0.5, 0.6) is 5.75 Å². The van der Waals surface area contributed by atoms with Crippen molar-refractivity contribution in [2.45, 2.75) is 19.5 Å². The molecule has 0 aliphatic heterocycles. The molecule has 0 aliphatic rings. The molecule has 5 nitrogen and oxygen atoms in total. The van der Waals surface area contributed by atoms with Gasteiger partial charge in [0.1, 0.15) is 11.4 Å². The number of hydrogen-bond donors (Lipinski definition) is 2. The molecule has 0 fully saturated rings. The number of esters is 1. The molecule has 0 aliphatic carbocycles. The third-order valence-electron chi connectivity index (χ3n) is 3.36. The molecule has 0 unspecified atom stereocenters. The number of hydrogen-bond acceptors (Lipinski definition) is 4. The molecule has 0 bridgehead atoms. The van der Waals surface area contributed by atoms with E-state index >= 15 is 0 Å². The number of methoxy groups -OCH3 is 2. The molecule has 1 atom stereocenters. The number of rotatable bonds is 6. The lowest BCUT2D eigenvalue weighted by Crippen LogP contribution is -2.19. The first-order valence-corrected chi connectivity index (χ1v) is 6.78. The number of carbonyl (C=O) groups excluding carboxylic acids is 1. The number of ether oxygens (including phenoxy) is 2. The molecule has 0 spiro atoms.